The molecule has 144 valence electrons. The molecule has 1 heterocycles. The van der Waals surface area contributed by atoms with E-state index in [-0.39, 0.29) is 0 Å². The summed E-state index contributed by atoms with van der Waals surface area (Å²) in [6.07, 6.45) is -4.28. The van der Waals surface area contributed by atoms with E-state index in [9.17, 15) is 13.2 Å². The highest BCUT2D eigenvalue weighted by molar-refractivity contribution is 5.73. The minimum atomic E-state index is -5.08. The van der Waals surface area contributed by atoms with E-state index < -0.39 is 12.1 Å². The van der Waals surface area contributed by atoms with Crippen LogP contribution in [0.1, 0.15) is 42.5 Å². The van der Waals surface area contributed by atoms with Crippen LogP contribution >= 0.6 is 0 Å². The van der Waals surface area contributed by atoms with Gasteiger partial charge in [0, 0.05) is 6.42 Å². The van der Waals surface area contributed by atoms with Crippen molar-refractivity contribution in [2.24, 2.45) is 0 Å². The number of rotatable bonds is 5. The summed E-state index contributed by atoms with van der Waals surface area (Å²) >= 11 is 0. The van der Waals surface area contributed by atoms with E-state index in [0.29, 0.717) is 5.92 Å². The van der Waals surface area contributed by atoms with Crippen LogP contribution in [0.15, 0.2) is 24.3 Å². The number of aromatic nitrogens is 3. The van der Waals surface area contributed by atoms with Crippen LogP contribution in [0.5, 0.6) is 0 Å². The third-order valence-electron chi connectivity index (χ3n) is 3.30. The summed E-state index contributed by atoms with van der Waals surface area (Å²) in [5, 5.41) is 14.4. The third-order valence-corrected chi connectivity index (χ3v) is 3.30. The molecule has 0 aliphatic rings. The van der Waals surface area contributed by atoms with Crippen molar-refractivity contribution < 1.29 is 23.1 Å². The van der Waals surface area contributed by atoms with Gasteiger partial charge in [0.1, 0.15) is 5.82 Å². The second kappa shape index (κ2) is 9.33. The van der Waals surface area contributed by atoms with Gasteiger partial charge in [-0.15, -0.1) is 0 Å². The molecule has 0 radical (unpaired) electrons. The summed E-state index contributed by atoms with van der Waals surface area (Å²) in [5.74, 6) is -0.411. The molecule has 26 heavy (non-hydrogen) atoms. The number of nitrogens with one attached hydrogen (secondary N) is 1. The summed E-state index contributed by atoms with van der Waals surface area (Å²) in [6, 6.07) is 8.72. The van der Waals surface area contributed by atoms with Crippen molar-refractivity contribution in [2.75, 3.05) is 14.1 Å². The maximum Gasteiger partial charge on any atom is 0.490 e. The zero-order valence-corrected chi connectivity index (χ0v) is 15.1. The van der Waals surface area contributed by atoms with Gasteiger partial charge in [-0.2, -0.15) is 18.3 Å². The Labute approximate surface area is 150 Å². The molecular weight excluding hydrogens is 349 g/mol. The molecule has 9 heteroatoms. The number of hydrogen-bond donors (Lipinski definition) is 2. The Balaban J connectivity index is 0.000000412. The van der Waals surface area contributed by atoms with Crippen molar-refractivity contribution in [3.63, 3.8) is 0 Å². The first-order chi connectivity index (χ1) is 12.0. The maximum atomic E-state index is 10.6. The summed E-state index contributed by atoms with van der Waals surface area (Å²) in [5.41, 5.74) is 2.63. The second-order valence-corrected chi connectivity index (χ2v) is 6.31. The summed E-state index contributed by atoms with van der Waals surface area (Å²) < 4.78 is 31.7. The molecule has 0 atom stereocenters. The van der Waals surface area contributed by atoms with Gasteiger partial charge in [-0.3, -0.25) is 5.10 Å². The van der Waals surface area contributed by atoms with Gasteiger partial charge in [0.2, 0.25) is 0 Å². The zero-order valence-electron chi connectivity index (χ0n) is 15.1. The van der Waals surface area contributed by atoms with E-state index >= 15 is 0 Å². The molecule has 1 aromatic carbocycles. The molecule has 6 nitrogen and oxygen atoms in total. The predicted octanol–water partition coefficient (Wildman–Crippen LogP) is 3.21. The largest absolute Gasteiger partial charge is 0.490 e. The molecule has 0 saturated heterocycles. The Bertz CT molecular complexity index is 695. The van der Waals surface area contributed by atoms with Crippen LogP contribution in [0, 0.1) is 0 Å². The predicted molar refractivity (Wildman–Crippen MR) is 90.8 cm³/mol. The maximum absolute atomic E-state index is 10.6. The van der Waals surface area contributed by atoms with Gasteiger partial charge in [0.25, 0.3) is 0 Å². The highest BCUT2D eigenvalue weighted by Gasteiger charge is 2.38. The van der Waals surface area contributed by atoms with Crippen LogP contribution in [0.4, 0.5) is 13.2 Å². The smallest absolute Gasteiger partial charge is 0.475 e. The minimum absolute atomic E-state index is 0.575. The lowest BCUT2D eigenvalue weighted by molar-refractivity contribution is -0.192. The number of H-pyrrole nitrogens is 1. The van der Waals surface area contributed by atoms with Crippen molar-refractivity contribution >= 4 is 5.97 Å². The number of halogens is 3. The molecule has 0 aliphatic carbocycles. The van der Waals surface area contributed by atoms with E-state index in [0.717, 1.165) is 24.6 Å². The lowest BCUT2D eigenvalue weighted by atomic mass is 10.0. The molecule has 0 bridgehead atoms. The lowest BCUT2D eigenvalue weighted by Crippen LogP contribution is -2.21. The fraction of sp³-hybridized carbons (Fsp3) is 0.471. The standard InChI is InChI=1S/C15H22N4.C2HF3O2/c1-11(2)13-7-5-12(6-8-13)9-14-16-15(18-17-14)10-19(3)4;3-2(4,5)1(6)7/h5-8,11H,9-10H2,1-4H3,(H,16,17,18);(H,6,7). The molecule has 2 N–H and O–H groups in total. The van der Waals surface area contributed by atoms with E-state index in [2.05, 4.69) is 58.2 Å². The van der Waals surface area contributed by atoms with Gasteiger partial charge < -0.3 is 10.0 Å². The number of carboxylic acid groups (broad SMARTS) is 1. The van der Waals surface area contributed by atoms with Crippen LogP contribution < -0.4 is 0 Å². The molecule has 2 aromatic rings. The Morgan fingerprint density at radius 2 is 1.77 bits per heavy atom. The zero-order chi connectivity index (χ0) is 19.9. The van der Waals surface area contributed by atoms with Crippen molar-refractivity contribution in [1.29, 1.82) is 0 Å². The number of hydrogen-bond acceptors (Lipinski definition) is 4. The number of nitrogens with zero attached hydrogens (tertiary/aromatic N) is 3. The fourth-order valence-electron chi connectivity index (χ4n) is 1.98. The lowest BCUT2D eigenvalue weighted by Gasteiger charge is -2.06. The highest BCUT2D eigenvalue weighted by atomic mass is 19.4. The van der Waals surface area contributed by atoms with Crippen molar-refractivity contribution in [3.8, 4) is 0 Å². The summed E-state index contributed by atoms with van der Waals surface area (Å²) in [6.45, 7) is 5.18. The minimum Gasteiger partial charge on any atom is -0.475 e. The van der Waals surface area contributed by atoms with Crippen LogP contribution in [0.2, 0.25) is 0 Å². The Morgan fingerprint density at radius 1 is 1.23 bits per heavy atom. The van der Waals surface area contributed by atoms with E-state index in [4.69, 9.17) is 9.90 Å². The monoisotopic (exact) mass is 372 g/mol. The van der Waals surface area contributed by atoms with Crippen LogP contribution in [-0.4, -0.2) is 51.4 Å². The van der Waals surface area contributed by atoms with Gasteiger partial charge >= 0.3 is 12.1 Å². The van der Waals surface area contributed by atoms with Crippen LogP contribution in [0.25, 0.3) is 0 Å². The molecule has 0 amide bonds. The van der Waals surface area contributed by atoms with Crippen LogP contribution in [-0.2, 0) is 17.8 Å². The van der Waals surface area contributed by atoms with E-state index in [1.807, 2.05) is 14.1 Å². The molecule has 2 rings (SSSR count). The Morgan fingerprint density at radius 3 is 2.19 bits per heavy atom. The number of aliphatic carboxylic acids is 1. The van der Waals surface area contributed by atoms with Gasteiger partial charge in [0.05, 0.1) is 6.54 Å². The number of alkyl halides is 3. The average molecular weight is 372 g/mol. The van der Waals surface area contributed by atoms with E-state index in [1.54, 1.807) is 0 Å². The third kappa shape index (κ3) is 7.64. The number of carboxylic acids is 1. The second-order valence-electron chi connectivity index (χ2n) is 6.31. The molecule has 0 spiro atoms. The van der Waals surface area contributed by atoms with Gasteiger partial charge in [-0.25, -0.2) is 9.78 Å². The first-order valence-corrected chi connectivity index (χ1v) is 7.93. The first-order valence-electron chi connectivity index (χ1n) is 7.93. The fourth-order valence-corrected chi connectivity index (χ4v) is 1.98. The summed E-state index contributed by atoms with van der Waals surface area (Å²) in [7, 11) is 4.03. The topological polar surface area (TPSA) is 82.1 Å². The SMILES string of the molecule is CC(C)c1ccc(Cc2nc(CN(C)C)n[nH]2)cc1.O=C(O)C(F)(F)F. The number of aromatic amines is 1. The molecule has 0 unspecified atom stereocenters. The molecule has 0 aliphatic heterocycles. The Kier molecular flexibility index (Phi) is 7.76. The van der Waals surface area contributed by atoms with Crippen LogP contribution in [0.3, 0.4) is 0 Å². The van der Waals surface area contributed by atoms with Gasteiger partial charge in [0.15, 0.2) is 5.82 Å². The van der Waals surface area contributed by atoms with Gasteiger partial charge in [-0.1, -0.05) is 38.1 Å². The number of benzene rings is 1. The Hall–Kier alpha value is -2.42. The molecule has 1 aromatic heterocycles. The first kappa shape index (κ1) is 21.6. The highest BCUT2D eigenvalue weighted by Crippen LogP contribution is 2.16. The van der Waals surface area contributed by atoms with Crippen molar-refractivity contribution in [2.45, 2.75) is 38.9 Å². The molecule has 0 saturated carbocycles. The molecular formula is C17H23F3N4O2. The van der Waals surface area contributed by atoms with Crippen molar-refractivity contribution in [1.82, 2.24) is 20.1 Å². The average Bonchev–Trinajstić information content (AvgIpc) is 2.93. The quantitative estimate of drug-likeness (QED) is 0.842. The normalized spacial score (nSPS) is 11.4. The van der Waals surface area contributed by atoms with Crippen molar-refractivity contribution in [3.05, 3.63) is 47.0 Å². The van der Waals surface area contributed by atoms with E-state index in [1.165, 1.54) is 11.1 Å². The molecule has 0 fully saturated rings. The van der Waals surface area contributed by atoms with Gasteiger partial charge in [-0.05, 0) is 31.1 Å². The number of carbonyl (C=O) groups is 1. The summed E-state index contributed by atoms with van der Waals surface area (Å²) in [4.78, 5) is 15.5.